The number of carbonyl (C=O) groups is 1. The molecule has 0 bridgehead atoms. The lowest BCUT2D eigenvalue weighted by atomic mass is 10.1. The van der Waals surface area contributed by atoms with E-state index in [1.807, 2.05) is 19.1 Å². The highest BCUT2D eigenvalue weighted by molar-refractivity contribution is 5.97. The number of rotatable bonds is 9. The van der Waals surface area contributed by atoms with Crippen LogP contribution in [0.1, 0.15) is 34.0 Å². The van der Waals surface area contributed by atoms with Gasteiger partial charge in [-0.1, -0.05) is 54.6 Å². The molecule has 3 aromatic carbocycles. The number of ether oxygens (including phenoxy) is 1. The lowest BCUT2D eigenvalue weighted by Crippen LogP contribution is -2.45. The first-order valence-electron chi connectivity index (χ1n) is 13.2. The van der Waals surface area contributed by atoms with E-state index < -0.39 is 5.91 Å². The number of H-pyrrole nitrogens is 1. The van der Waals surface area contributed by atoms with Crippen LogP contribution < -0.4 is 15.5 Å². The van der Waals surface area contributed by atoms with Gasteiger partial charge in [0.2, 0.25) is 5.43 Å². The number of fused-ring (bicyclic) bond motifs is 1. The Morgan fingerprint density at radius 3 is 2.16 bits per heavy atom. The van der Waals surface area contributed by atoms with Crippen molar-refractivity contribution in [3.8, 4) is 5.75 Å². The van der Waals surface area contributed by atoms with Crippen molar-refractivity contribution in [2.75, 3.05) is 32.8 Å². The van der Waals surface area contributed by atoms with E-state index in [0.29, 0.717) is 29.8 Å². The van der Waals surface area contributed by atoms with E-state index in [1.165, 1.54) is 17.3 Å². The van der Waals surface area contributed by atoms with Crippen LogP contribution in [0.2, 0.25) is 0 Å². The number of carbonyl (C=O) groups excluding carboxylic acids is 1. The second-order valence-corrected chi connectivity index (χ2v) is 9.71. The Morgan fingerprint density at radius 1 is 0.868 bits per heavy atom. The standard InChI is InChI=1S/C31H34N4O3/c1-2-38-26-12-13-29-27(18-26)30(36)28(20-32-29)31(37)33-19-23-8-10-25(11-9-23)22-35-16-14-34(15-17-35)21-24-6-4-3-5-7-24/h3-13,18,20H,2,14-17,19,21-22H2,1H3,(H,32,36)(H,33,37). The number of hydrogen-bond donors (Lipinski definition) is 2. The molecule has 0 unspecified atom stereocenters. The van der Waals surface area contributed by atoms with Crippen molar-refractivity contribution < 1.29 is 9.53 Å². The number of nitrogens with zero attached hydrogens (tertiary/aromatic N) is 2. The van der Waals surface area contributed by atoms with Gasteiger partial charge < -0.3 is 15.0 Å². The molecule has 1 aromatic heterocycles. The van der Waals surface area contributed by atoms with Crippen molar-refractivity contribution in [3.05, 3.63) is 111 Å². The summed E-state index contributed by atoms with van der Waals surface area (Å²) in [4.78, 5) is 33.8. The summed E-state index contributed by atoms with van der Waals surface area (Å²) in [5.74, 6) is 0.213. The highest BCUT2D eigenvalue weighted by atomic mass is 16.5. The van der Waals surface area contributed by atoms with E-state index in [1.54, 1.807) is 18.2 Å². The molecule has 4 aromatic rings. The van der Waals surface area contributed by atoms with Crippen molar-refractivity contribution >= 4 is 16.8 Å². The third-order valence-electron chi connectivity index (χ3n) is 7.00. The van der Waals surface area contributed by atoms with Crippen LogP contribution in [0.25, 0.3) is 10.9 Å². The smallest absolute Gasteiger partial charge is 0.257 e. The molecular weight excluding hydrogens is 476 g/mol. The topological polar surface area (TPSA) is 77.7 Å². The Kier molecular flexibility index (Phi) is 8.16. The van der Waals surface area contributed by atoms with Crippen LogP contribution in [0.3, 0.4) is 0 Å². The SMILES string of the molecule is CCOc1ccc2[nH]cc(C(=O)NCc3ccc(CN4CCN(Cc5ccccc5)CC4)cc3)c(=O)c2c1. The molecule has 196 valence electrons. The number of hydrogen-bond acceptors (Lipinski definition) is 5. The van der Waals surface area contributed by atoms with Gasteiger partial charge in [-0.25, -0.2) is 0 Å². The predicted octanol–water partition coefficient (Wildman–Crippen LogP) is 4.17. The minimum atomic E-state index is -0.396. The molecule has 0 atom stereocenters. The second kappa shape index (κ2) is 12.1. The van der Waals surface area contributed by atoms with E-state index in [-0.39, 0.29) is 11.0 Å². The molecule has 2 heterocycles. The summed E-state index contributed by atoms with van der Waals surface area (Å²) in [6.45, 7) is 8.92. The fraction of sp³-hybridized carbons (Fsp3) is 0.290. The molecule has 1 amide bonds. The largest absolute Gasteiger partial charge is 0.494 e. The molecule has 0 saturated carbocycles. The molecule has 0 spiro atoms. The fourth-order valence-corrected chi connectivity index (χ4v) is 4.87. The molecule has 0 aliphatic carbocycles. The molecule has 7 nitrogen and oxygen atoms in total. The van der Waals surface area contributed by atoms with Gasteiger partial charge in [-0.2, -0.15) is 0 Å². The van der Waals surface area contributed by atoms with Crippen LogP contribution >= 0.6 is 0 Å². The molecule has 2 N–H and O–H groups in total. The highest BCUT2D eigenvalue weighted by Crippen LogP contribution is 2.17. The maximum atomic E-state index is 12.9. The minimum Gasteiger partial charge on any atom is -0.494 e. The van der Waals surface area contributed by atoms with Gasteiger partial charge in [0.15, 0.2) is 0 Å². The quantitative estimate of drug-likeness (QED) is 0.353. The first-order valence-corrected chi connectivity index (χ1v) is 13.2. The van der Waals surface area contributed by atoms with Crippen molar-refractivity contribution in [3.63, 3.8) is 0 Å². The van der Waals surface area contributed by atoms with Gasteiger partial charge in [0.1, 0.15) is 11.3 Å². The lowest BCUT2D eigenvalue weighted by molar-refractivity contribution is 0.0949. The molecule has 1 aliphatic heterocycles. The lowest BCUT2D eigenvalue weighted by Gasteiger charge is -2.34. The molecule has 0 radical (unpaired) electrons. The van der Waals surface area contributed by atoms with Crippen LogP contribution in [0.4, 0.5) is 0 Å². The fourth-order valence-electron chi connectivity index (χ4n) is 4.87. The van der Waals surface area contributed by atoms with E-state index in [0.717, 1.165) is 44.8 Å². The zero-order valence-corrected chi connectivity index (χ0v) is 21.8. The summed E-state index contributed by atoms with van der Waals surface area (Å²) in [7, 11) is 0. The number of piperazine rings is 1. The van der Waals surface area contributed by atoms with Crippen molar-refractivity contribution in [2.45, 2.75) is 26.6 Å². The maximum Gasteiger partial charge on any atom is 0.257 e. The predicted molar refractivity (Wildman–Crippen MR) is 150 cm³/mol. The first-order chi connectivity index (χ1) is 18.6. The molecule has 1 fully saturated rings. The number of pyridine rings is 1. The van der Waals surface area contributed by atoms with Crippen LogP contribution in [0, 0.1) is 0 Å². The second-order valence-electron chi connectivity index (χ2n) is 9.71. The average Bonchev–Trinajstić information content (AvgIpc) is 2.95. The number of benzene rings is 3. The zero-order valence-electron chi connectivity index (χ0n) is 21.8. The Hall–Kier alpha value is -3.94. The van der Waals surface area contributed by atoms with Gasteiger partial charge in [0.25, 0.3) is 5.91 Å². The molecule has 1 aliphatic rings. The van der Waals surface area contributed by atoms with Crippen LogP contribution in [-0.4, -0.2) is 53.5 Å². The average molecular weight is 511 g/mol. The summed E-state index contributed by atoms with van der Waals surface area (Å²) in [6.07, 6.45) is 1.48. The number of aromatic amines is 1. The van der Waals surface area contributed by atoms with Gasteiger partial charge in [-0.3, -0.25) is 19.4 Å². The summed E-state index contributed by atoms with van der Waals surface area (Å²) in [5, 5.41) is 3.32. The maximum absolute atomic E-state index is 12.9. The van der Waals surface area contributed by atoms with E-state index in [9.17, 15) is 9.59 Å². The summed E-state index contributed by atoms with van der Waals surface area (Å²) in [6, 6.07) is 24.2. The van der Waals surface area contributed by atoms with Crippen molar-refractivity contribution in [1.82, 2.24) is 20.1 Å². The normalized spacial score (nSPS) is 14.4. The Balaban J connectivity index is 1.12. The van der Waals surface area contributed by atoms with E-state index in [4.69, 9.17) is 4.74 Å². The van der Waals surface area contributed by atoms with E-state index in [2.05, 4.69) is 62.6 Å². The summed E-state index contributed by atoms with van der Waals surface area (Å²) >= 11 is 0. The highest BCUT2D eigenvalue weighted by Gasteiger charge is 2.17. The molecule has 5 rings (SSSR count). The van der Waals surface area contributed by atoms with Crippen molar-refractivity contribution in [2.24, 2.45) is 0 Å². The van der Waals surface area contributed by atoms with Gasteiger partial charge in [-0.15, -0.1) is 0 Å². The Labute approximate surface area is 223 Å². The van der Waals surface area contributed by atoms with Gasteiger partial charge in [-0.05, 0) is 41.8 Å². The summed E-state index contributed by atoms with van der Waals surface area (Å²) < 4.78 is 5.50. The van der Waals surface area contributed by atoms with Gasteiger partial charge in [0.05, 0.1) is 6.61 Å². The minimum absolute atomic E-state index is 0.0918. The zero-order chi connectivity index (χ0) is 26.3. The van der Waals surface area contributed by atoms with Gasteiger partial charge >= 0.3 is 0 Å². The number of amides is 1. The third-order valence-corrected chi connectivity index (χ3v) is 7.00. The molecule has 38 heavy (non-hydrogen) atoms. The molecule has 7 heteroatoms. The number of nitrogens with one attached hydrogen (secondary N) is 2. The monoisotopic (exact) mass is 510 g/mol. The summed E-state index contributed by atoms with van der Waals surface area (Å²) in [5.41, 5.74) is 4.07. The van der Waals surface area contributed by atoms with Crippen LogP contribution in [-0.2, 0) is 19.6 Å². The third kappa shape index (κ3) is 6.30. The molecule has 1 saturated heterocycles. The Bertz CT molecular complexity index is 1430. The van der Waals surface area contributed by atoms with E-state index >= 15 is 0 Å². The van der Waals surface area contributed by atoms with Crippen LogP contribution in [0.15, 0.2) is 83.8 Å². The van der Waals surface area contributed by atoms with Gasteiger partial charge in [0, 0.05) is 62.9 Å². The Morgan fingerprint density at radius 2 is 1.50 bits per heavy atom. The van der Waals surface area contributed by atoms with Crippen LogP contribution in [0.5, 0.6) is 5.75 Å². The van der Waals surface area contributed by atoms with Crippen molar-refractivity contribution in [1.29, 1.82) is 0 Å². The number of aromatic nitrogens is 1. The first kappa shape index (κ1) is 25.7. The molecular formula is C31H34N4O3.